The summed E-state index contributed by atoms with van der Waals surface area (Å²) in [4.78, 5) is 22.3. The van der Waals surface area contributed by atoms with Crippen LogP contribution in [0, 0.1) is 17.2 Å². The van der Waals surface area contributed by atoms with Gasteiger partial charge in [-0.2, -0.15) is 18.4 Å². The number of thioether (sulfide) groups is 1. The van der Waals surface area contributed by atoms with E-state index in [4.69, 9.17) is 21.0 Å². The van der Waals surface area contributed by atoms with Crippen LogP contribution >= 0.6 is 11.8 Å². The first kappa shape index (κ1) is 21.5. The molecule has 0 radical (unpaired) electrons. The molecule has 0 spiro atoms. The number of carboxylic acids is 1. The number of carboxylic acid groups (broad SMARTS) is 1. The van der Waals surface area contributed by atoms with E-state index in [1.165, 1.54) is 5.01 Å². The molecule has 1 aliphatic heterocycles. The Morgan fingerprint density at radius 2 is 2.04 bits per heavy atom. The quantitative estimate of drug-likeness (QED) is 0.568. The molecule has 1 saturated heterocycles. The van der Waals surface area contributed by atoms with E-state index in [-0.39, 0.29) is 18.5 Å². The molecule has 132 valence electrons. The third-order valence-electron chi connectivity index (χ3n) is 2.53. The SMILES string of the molecule is CC(C)CN(N)CC(=O)N1CSCC1C#N.O=C(O)C(F)(F)F. The van der Waals surface area contributed by atoms with Crippen LogP contribution in [0.3, 0.4) is 0 Å². The Bertz CT molecular complexity index is 454. The van der Waals surface area contributed by atoms with Crippen molar-refractivity contribution in [1.29, 1.82) is 5.26 Å². The molecule has 1 unspecified atom stereocenters. The van der Waals surface area contributed by atoms with Crippen LogP contribution in [0.25, 0.3) is 0 Å². The Labute approximate surface area is 136 Å². The molecular weight excluding hydrogens is 337 g/mol. The van der Waals surface area contributed by atoms with Crippen molar-refractivity contribution in [1.82, 2.24) is 9.91 Å². The van der Waals surface area contributed by atoms with Crippen LogP contribution in [0.4, 0.5) is 13.2 Å². The van der Waals surface area contributed by atoms with Crippen LogP contribution in [-0.4, -0.2) is 63.8 Å². The van der Waals surface area contributed by atoms with Gasteiger partial charge in [-0.15, -0.1) is 11.8 Å². The number of aliphatic carboxylic acids is 1. The van der Waals surface area contributed by atoms with E-state index >= 15 is 0 Å². The van der Waals surface area contributed by atoms with Crippen molar-refractivity contribution in [3.8, 4) is 6.07 Å². The van der Waals surface area contributed by atoms with Crippen molar-refractivity contribution < 1.29 is 27.9 Å². The van der Waals surface area contributed by atoms with E-state index in [9.17, 15) is 18.0 Å². The van der Waals surface area contributed by atoms with Gasteiger partial charge >= 0.3 is 12.1 Å². The molecule has 23 heavy (non-hydrogen) atoms. The first-order valence-electron chi connectivity index (χ1n) is 6.55. The highest BCUT2D eigenvalue weighted by molar-refractivity contribution is 7.99. The topological polar surface area (TPSA) is 111 Å². The van der Waals surface area contributed by atoms with Crippen LogP contribution in [0.15, 0.2) is 0 Å². The fraction of sp³-hybridized carbons (Fsp3) is 0.750. The zero-order valence-electron chi connectivity index (χ0n) is 12.7. The summed E-state index contributed by atoms with van der Waals surface area (Å²) < 4.78 is 31.7. The number of nitrogens with two attached hydrogens (primary N) is 1. The van der Waals surface area contributed by atoms with Gasteiger partial charge in [-0.3, -0.25) is 10.6 Å². The lowest BCUT2D eigenvalue weighted by molar-refractivity contribution is -0.192. The molecule has 7 nitrogen and oxygen atoms in total. The molecular formula is C12H19F3N4O3S. The minimum atomic E-state index is -5.08. The van der Waals surface area contributed by atoms with Gasteiger partial charge in [-0.25, -0.2) is 9.80 Å². The van der Waals surface area contributed by atoms with Crippen LogP contribution in [0.2, 0.25) is 0 Å². The van der Waals surface area contributed by atoms with Crippen molar-refractivity contribution in [3.05, 3.63) is 0 Å². The molecule has 1 fully saturated rings. The molecule has 0 aromatic heterocycles. The van der Waals surface area contributed by atoms with E-state index in [2.05, 4.69) is 6.07 Å². The van der Waals surface area contributed by atoms with Gasteiger partial charge in [0.25, 0.3) is 0 Å². The number of hydrogen-bond acceptors (Lipinski definition) is 6. The zero-order valence-corrected chi connectivity index (χ0v) is 13.5. The Balaban J connectivity index is 0.000000585. The normalized spacial score (nSPS) is 17.7. The zero-order chi connectivity index (χ0) is 18.2. The standard InChI is InChI=1S/C10H18N4OS.C2HF3O2/c1-8(2)4-13(12)5-10(15)14-7-16-6-9(14)3-11;3-2(4,5)1(6)7/h8-9H,4-7,12H2,1-2H3;(H,6,7). The lowest BCUT2D eigenvalue weighted by Crippen LogP contribution is -2.46. The average Bonchev–Trinajstić information content (AvgIpc) is 2.85. The largest absolute Gasteiger partial charge is 0.490 e. The highest BCUT2D eigenvalue weighted by Gasteiger charge is 2.38. The molecule has 0 saturated carbocycles. The van der Waals surface area contributed by atoms with E-state index in [0.29, 0.717) is 24.1 Å². The van der Waals surface area contributed by atoms with Gasteiger partial charge < -0.3 is 10.0 Å². The predicted molar refractivity (Wildman–Crippen MR) is 77.9 cm³/mol. The molecule has 3 N–H and O–H groups in total. The van der Waals surface area contributed by atoms with Gasteiger partial charge in [0.05, 0.1) is 18.5 Å². The number of nitriles is 1. The van der Waals surface area contributed by atoms with Crippen LogP contribution in [0.5, 0.6) is 0 Å². The molecule has 0 aliphatic carbocycles. The third kappa shape index (κ3) is 8.63. The maximum absolute atomic E-state index is 11.8. The fourth-order valence-corrected chi connectivity index (χ4v) is 2.70. The highest BCUT2D eigenvalue weighted by Crippen LogP contribution is 2.20. The summed E-state index contributed by atoms with van der Waals surface area (Å²) in [6, 6.07) is 1.85. The number of hydrazine groups is 1. The Hall–Kier alpha value is -1.51. The van der Waals surface area contributed by atoms with E-state index in [1.807, 2.05) is 13.8 Å². The molecule has 1 rings (SSSR count). The minimum Gasteiger partial charge on any atom is -0.475 e. The average molecular weight is 356 g/mol. The smallest absolute Gasteiger partial charge is 0.475 e. The number of carbonyl (C=O) groups excluding carboxylic acids is 1. The number of rotatable bonds is 4. The third-order valence-corrected chi connectivity index (χ3v) is 3.54. The molecule has 1 atom stereocenters. The summed E-state index contributed by atoms with van der Waals surface area (Å²) in [6.07, 6.45) is -5.08. The summed E-state index contributed by atoms with van der Waals surface area (Å²) in [5, 5.41) is 17.5. The van der Waals surface area contributed by atoms with Gasteiger partial charge in [0, 0.05) is 12.3 Å². The van der Waals surface area contributed by atoms with Crippen molar-refractivity contribution in [2.75, 3.05) is 24.7 Å². The van der Waals surface area contributed by atoms with Crippen LogP contribution < -0.4 is 5.84 Å². The van der Waals surface area contributed by atoms with E-state index in [1.54, 1.807) is 16.7 Å². The van der Waals surface area contributed by atoms with Crippen molar-refractivity contribution in [2.45, 2.75) is 26.1 Å². The number of alkyl halides is 3. The maximum Gasteiger partial charge on any atom is 0.490 e. The molecule has 0 aromatic carbocycles. The lowest BCUT2D eigenvalue weighted by Gasteiger charge is -2.23. The summed E-state index contributed by atoms with van der Waals surface area (Å²) >= 11 is 1.61. The highest BCUT2D eigenvalue weighted by atomic mass is 32.2. The molecule has 1 heterocycles. The van der Waals surface area contributed by atoms with E-state index < -0.39 is 12.1 Å². The Kier molecular flexibility index (Phi) is 8.96. The lowest BCUT2D eigenvalue weighted by atomic mass is 10.2. The van der Waals surface area contributed by atoms with Crippen molar-refractivity contribution in [2.24, 2.45) is 11.8 Å². The molecule has 1 amide bonds. The molecule has 11 heteroatoms. The second-order valence-electron chi connectivity index (χ2n) is 5.13. The second-order valence-corrected chi connectivity index (χ2v) is 6.13. The fourth-order valence-electron chi connectivity index (χ4n) is 1.59. The number of carbonyl (C=O) groups is 2. The summed E-state index contributed by atoms with van der Waals surface area (Å²) in [5.41, 5.74) is 0. The van der Waals surface area contributed by atoms with Crippen molar-refractivity contribution in [3.63, 3.8) is 0 Å². The van der Waals surface area contributed by atoms with Gasteiger partial charge in [-0.05, 0) is 5.92 Å². The minimum absolute atomic E-state index is 0.0558. The number of amides is 1. The molecule has 0 aromatic rings. The summed E-state index contributed by atoms with van der Waals surface area (Å²) in [7, 11) is 0. The monoisotopic (exact) mass is 356 g/mol. The molecule has 0 bridgehead atoms. The number of hydrogen-bond donors (Lipinski definition) is 2. The van der Waals surface area contributed by atoms with Gasteiger partial charge in [0.1, 0.15) is 6.04 Å². The summed E-state index contributed by atoms with van der Waals surface area (Å²) in [5.74, 6) is 4.65. The number of halogens is 3. The Morgan fingerprint density at radius 1 is 1.52 bits per heavy atom. The molecule has 1 aliphatic rings. The van der Waals surface area contributed by atoms with Crippen LogP contribution in [-0.2, 0) is 9.59 Å². The van der Waals surface area contributed by atoms with E-state index in [0.717, 1.165) is 0 Å². The first-order valence-corrected chi connectivity index (χ1v) is 7.71. The van der Waals surface area contributed by atoms with Gasteiger partial charge in [0.2, 0.25) is 5.91 Å². The van der Waals surface area contributed by atoms with Crippen molar-refractivity contribution >= 4 is 23.6 Å². The predicted octanol–water partition coefficient (Wildman–Crippen LogP) is 0.876. The van der Waals surface area contributed by atoms with Gasteiger partial charge in [0.15, 0.2) is 0 Å². The second kappa shape index (κ2) is 9.59. The Morgan fingerprint density at radius 3 is 2.43 bits per heavy atom. The maximum atomic E-state index is 11.8. The first-order chi connectivity index (χ1) is 10.5. The van der Waals surface area contributed by atoms with Gasteiger partial charge in [-0.1, -0.05) is 13.8 Å². The summed E-state index contributed by atoms with van der Waals surface area (Å²) in [6.45, 7) is 4.98. The number of nitrogens with zero attached hydrogens (tertiary/aromatic N) is 3. The van der Waals surface area contributed by atoms with Crippen LogP contribution in [0.1, 0.15) is 13.8 Å².